The Labute approximate surface area is 114 Å². The van der Waals surface area contributed by atoms with Gasteiger partial charge in [-0.05, 0) is 35.6 Å². The van der Waals surface area contributed by atoms with Crippen molar-refractivity contribution in [1.29, 1.82) is 0 Å². The molecule has 0 aromatic heterocycles. The number of benzene rings is 1. The molecule has 5 heteroatoms. The molecule has 1 aromatic carbocycles. The van der Waals surface area contributed by atoms with Gasteiger partial charge in [0, 0.05) is 5.56 Å². The molecule has 1 fully saturated rings. The molecule has 0 atom stereocenters. The Kier molecular flexibility index (Phi) is 2.93. The van der Waals surface area contributed by atoms with Gasteiger partial charge in [0.2, 0.25) is 0 Å². The molecule has 1 amide bonds. The number of hydrogen-bond acceptors (Lipinski definition) is 4. The normalized spacial score (nSPS) is 20.2. The van der Waals surface area contributed by atoms with Crippen LogP contribution < -0.4 is 10.1 Å². The molecular weight excluding hydrogens is 266 g/mol. The van der Waals surface area contributed by atoms with E-state index in [2.05, 4.69) is 11.4 Å². The van der Waals surface area contributed by atoms with Crippen molar-refractivity contribution in [3.05, 3.63) is 46.4 Å². The zero-order chi connectivity index (χ0) is 12.5. The SMILES string of the molecule is O=C1NC(=S)C(=CC2=Cc3ccccc3OC2)S1. The Morgan fingerprint density at radius 1 is 1.39 bits per heavy atom. The van der Waals surface area contributed by atoms with Crippen LogP contribution in [0.4, 0.5) is 4.79 Å². The van der Waals surface area contributed by atoms with Crippen LogP contribution in [0.25, 0.3) is 6.08 Å². The van der Waals surface area contributed by atoms with Gasteiger partial charge in [-0.2, -0.15) is 0 Å². The van der Waals surface area contributed by atoms with Gasteiger partial charge < -0.3 is 10.1 Å². The quantitative estimate of drug-likeness (QED) is 0.631. The maximum Gasteiger partial charge on any atom is 0.289 e. The van der Waals surface area contributed by atoms with Gasteiger partial charge in [0.1, 0.15) is 17.3 Å². The number of thiocarbonyl (C=S) groups is 1. The second-order valence-corrected chi connectivity index (χ2v) is 5.32. The molecule has 1 aromatic rings. The minimum atomic E-state index is -0.121. The van der Waals surface area contributed by atoms with Crippen LogP contribution in [-0.4, -0.2) is 16.8 Å². The van der Waals surface area contributed by atoms with Crippen LogP contribution in [0, 0.1) is 0 Å². The van der Waals surface area contributed by atoms with E-state index in [9.17, 15) is 4.79 Å². The Morgan fingerprint density at radius 3 is 3.00 bits per heavy atom. The molecule has 2 aliphatic heterocycles. The number of carbonyl (C=O) groups excluding carboxylic acids is 1. The summed E-state index contributed by atoms with van der Waals surface area (Å²) in [4.78, 5) is 12.4. The molecule has 18 heavy (non-hydrogen) atoms. The number of nitrogens with one attached hydrogen (secondary N) is 1. The van der Waals surface area contributed by atoms with E-state index >= 15 is 0 Å². The predicted molar refractivity (Wildman–Crippen MR) is 76.7 cm³/mol. The number of rotatable bonds is 1. The monoisotopic (exact) mass is 275 g/mol. The first-order valence-electron chi connectivity index (χ1n) is 5.39. The summed E-state index contributed by atoms with van der Waals surface area (Å²) in [7, 11) is 0. The van der Waals surface area contributed by atoms with Gasteiger partial charge in [0.25, 0.3) is 5.24 Å². The minimum Gasteiger partial charge on any atom is -0.488 e. The van der Waals surface area contributed by atoms with Crippen molar-refractivity contribution < 1.29 is 9.53 Å². The number of thioether (sulfide) groups is 1. The van der Waals surface area contributed by atoms with E-state index in [0.717, 1.165) is 33.6 Å². The summed E-state index contributed by atoms with van der Waals surface area (Å²) in [5.74, 6) is 0.885. The third-order valence-electron chi connectivity index (χ3n) is 2.61. The first-order chi connectivity index (χ1) is 8.72. The molecule has 0 aliphatic carbocycles. The van der Waals surface area contributed by atoms with Crippen molar-refractivity contribution in [2.24, 2.45) is 0 Å². The number of hydrogen-bond donors (Lipinski definition) is 1. The molecule has 0 spiro atoms. The highest BCUT2D eigenvalue weighted by Gasteiger charge is 2.22. The van der Waals surface area contributed by atoms with Crippen LogP contribution in [0.15, 0.2) is 40.8 Å². The van der Waals surface area contributed by atoms with Crippen LogP contribution in [0.3, 0.4) is 0 Å². The number of para-hydroxylation sites is 1. The highest BCUT2D eigenvalue weighted by molar-refractivity contribution is 8.19. The Bertz CT molecular complexity index is 605. The average molecular weight is 275 g/mol. The van der Waals surface area contributed by atoms with E-state index in [1.54, 1.807) is 0 Å². The summed E-state index contributed by atoms with van der Waals surface area (Å²) in [5, 5.41) is 2.47. The second-order valence-electron chi connectivity index (χ2n) is 3.90. The first kappa shape index (κ1) is 11.5. The summed E-state index contributed by atoms with van der Waals surface area (Å²) >= 11 is 6.20. The van der Waals surface area contributed by atoms with Crippen molar-refractivity contribution in [2.75, 3.05) is 6.61 Å². The van der Waals surface area contributed by atoms with Gasteiger partial charge >= 0.3 is 0 Å². The van der Waals surface area contributed by atoms with Crippen molar-refractivity contribution >= 4 is 40.3 Å². The third-order valence-corrected chi connectivity index (χ3v) is 3.89. The summed E-state index contributed by atoms with van der Waals surface area (Å²) in [6, 6.07) is 7.85. The summed E-state index contributed by atoms with van der Waals surface area (Å²) in [6.07, 6.45) is 3.96. The summed E-state index contributed by atoms with van der Waals surface area (Å²) in [6.45, 7) is 0.498. The van der Waals surface area contributed by atoms with E-state index in [4.69, 9.17) is 17.0 Å². The molecular formula is C13H9NO2S2. The number of carbonyl (C=O) groups is 1. The van der Waals surface area contributed by atoms with Gasteiger partial charge in [0.15, 0.2) is 0 Å². The van der Waals surface area contributed by atoms with Crippen LogP contribution in [-0.2, 0) is 0 Å². The van der Waals surface area contributed by atoms with Gasteiger partial charge in [0.05, 0.1) is 4.91 Å². The summed E-state index contributed by atoms with van der Waals surface area (Å²) in [5.41, 5.74) is 2.05. The average Bonchev–Trinajstić information content (AvgIpc) is 2.68. The highest BCUT2D eigenvalue weighted by atomic mass is 32.2. The fraction of sp³-hybridized carbons (Fsp3) is 0.0769. The zero-order valence-corrected chi connectivity index (χ0v) is 10.9. The van der Waals surface area contributed by atoms with Crippen LogP contribution in [0.1, 0.15) is 5.56 Å². The Balaban J connectivity index is 1.92. The fourth-order valence-electron chi connectivity index (χ4n) is 1.81. The molecule has 2 aliphatic rings. The van der Waals surface area contributed by atoms with Gasteiger partial charge in [-0.1, -0.05) is 30.4 Å². The smallest absolute Gasteiger partial charge is 0.289 e. The van der Waals surface area contributed by atoms with Gasteiger partial charge in [-0.25, -0.2) is 0 Å². The lowest BCUT2D eigenvalue weighted by Crippen LogP contribution is -2.16. The number of fused-ring (bicyclic) bond motifs is 1. The lowest BCUT2D eigenvalue weighted by atomic mass is 10.1. The fourth-order valence-corrected chi connectivity index (χ4v) is 2.85. The van der Waals surface area contributed by atoms with Crippen molar-refractivity contribution in [3.63, 3.8) is 0 Å². The maximum absolute atomic E-state index is 11.2. The molecule has 2 heterocycles. The van der Waals surface area contributed by atoms with E-state index in [1.807, 2.05) is 30.3 Å². The molecule has 0 radical (unpaired) electrons. The Morgan fingerprint density at radius 2 is 2.22 bits per heavy atom. The standard InChI is InChI=1S/C13H9NO2S2/c15-13-14-12(17)11(18-13)6-8-5-9-3-1-2-4-10(9)16-7-8/h1-6H,7H2,(H,14,15,17). The molecule has 3 rings (SSSR count). The minimum absolute atomic E-state index is 0.121. The molecule has 90 valence electrons. The zero-order valence-electron chi connectivity index (χ0n) is 9.30. The highest BCUT2D eigenvalue weighted by Crippen LogP contribution is 2.30. The predicted octanol–water partition coefficient (Wildman–Crippen LogP) is 3.13. The van der Waals surface area contributed by atoms with Crippen molar-refractivity contribution in [3.8, 4) is 5.75 Å². The molecule has 0 saturated carbocycles. The van der Waals surface area contributed by atoms with E-state index in [-0.39, 0.29) is 5.24 Å². The molecule has 3 nitrogen and oxygen atoms in total. The Hall–Kier alpha value is -1.59. The molecule has 1 N–H and O–H groups in total. The van der Waals surface area contributed by atoms with E-state index in [1.165, 1.54) is 0 Å². The summed E-state index contributed by atoms with van der Waals surface area (Å²) < 4.78 is 5.64. The second kappa shape index (κ2) is 4.59. The lowest BCUT2D eigenvalue weighted by molar-refractivity contribution is 0.265. The molecule has 0 bridgehead atoms. The van der Waals surface area contributed by atoms with E-state index < -0.39 is 0 Å². The molecule has 0 unspecified atom stereocenters. The maximum atomic E-state index is 11.2. The van der Waals surface area contributed by atoms with Gasteiger partial charge in [-0.3, -0.25) is 4.79 Å². The third kappa shape index (κ3) is 2.19. The number of ether oxygens (including phenoxy) is 1. The lowest BCUT2D eigenvalue weighted by Gasteiger charge is -2.15. The van der Waals surface area contributed by atoms with Crippen molar-refractivity contribution in [2.45, 2.75) is 0 Å². The van der Waals surface area contributed by atoms with Crippen molar-refractivity contribution in [1.82, 2.24) is 5.32 Å². The van der Waals surface area contributed by atoms with Crippen LogP contribution in [0.5, 0.6) is 5.75 Å². The van der Waals surface area contributed by atoms with Gasteiger partial charge in [-0.15, -0.1) is 0 Å². The largest absolute Gasteiger partial charge is 0.488 e. The van der Waals surface area contributed by atoms with Crippen LogP contribution >= 0.6 is 24.0 Å². The molecule has 1 saturated heterocycles. The topological polar surface area (TPSA) is 38.3 Å². The van der Waals surface area contributed by atoms with Crippen LogP contribution in [0.2, 0.25) is 0 Å². The number of amides is 1. The first-order valence-corrected chi connectivity index (χ1v) is 6.62. The van der Waals surface area contributed by atoms with E-state index in [0.29, 0.717) is 11.6 Å².